The standard InChI is InChI=1S/C21H16BrN3O3S.C13H11N3.C9H9BrOS.C8H6BrNO3.C8H8BrNO.C8H7BrO4S.4C2H6.HNO2.Na/c1-29(27,28)16-9-10-17(18(22)12-16)21(26)23-15-7-5-14(6-8-15)19-13-25-11-3-2-4-20(25)24-19;14-11-6-4-10(5-7-11)12-9-16-8-2-1-3-13(16)15-12;1-6(11)8-4-3-7(12-2)5-9(8)10;1-5(11)7-3-2-6(10(12)13)4-8(7)9;1-5(11)7-3-2-6(10)4-8(7)9;1-14(12,13)5-2-3-6(8(10)11)7(9)4-5;4*1-2;2-1-3;/h2-13H,1H3,(H,23,26);1-9H,14H2;3-5H,1-2H3;2-4H,1H3;2-4H,10H2,1H3;2-4H,1H3,(H,10,11);4*1-2H3;(H,2,3);/q;;;;;;;;;;;+1/p-1. The number of hydrogen-bond acceptors (Lipinski definition) is 19. The van der Waals surface area contributed by atoms with E-state index in [0.29, 0.717) is 37.0 Å². The number of pyridine rings is 2. The van der Waals surface area contributed by atoms with Crippen LogP contribution < -0.4 is 46.3 Å². The number of fused-ring (bicyclic) bond motifs is 2. The number of Topliss-reactive ketones (excluding diaryl/α,β-unsaturated/α-hetero) is 3. The molecule has 11 rings (SSSR count). The monoisotopic (exact) mass is 1850 g/mol. The van der Waals surface area contributed by atoms with Crippen molar-refractivity contribution in [2.45, 2.75) is 90.8 Å². The van der Waals surface area contributed by atoms with Crippen molar-refractivity contribution in [1.82, 2.24) is 18.8 Å². The Kier molecular flexibility index (Phi) is 46.7. The molecule has 0 fully saturated rings. The van der Waals surface area contributed by atoms with Crippen LogP contribution in [0.25, 0.3) is 33.8 Å². The summed E-state index contributed by atoms with van der Waals surface area (Å²) in [5.74, 6) is -1.43. The van der Waals surface area contributed by atoms with Crippen LogP contribution in [0.5, 0.6) is 0 Å². The number of nitro benzene ring substituents is 1. The summed E-state index contributed by atoms with van der Waals surface area (Å²) in [6, 6.07) is 50.0. The fourth-order valence-electron chi connectivity index (χ4n) is 8.16. The fraction of sp³-hybridized carbons (Fsp3) is 0.187. The number of nitrogens with one attached hydrogen (secondary N) is 1. The van der Waals surface area contributed by atoms with Crippen LogP contribution in [0.3, 0.4) is 0 Å². The van der Waals surface area contributed by atoms with Gasteiger partial charge < -0.3 is 40.8 Å². The van der Waals surface area contributed by atoms with Crippen molar-refractivity contribution in [1.29, 1.82) is 0 Å². The van der Waals surface area contributed by atoms with Crippen LogP contribution in [0.4, 0.5) is 22.7 Å². The van der Waals surface area contributed by atoms with Crippen molar-refractivity contribution in [2.24, 2.45) is 5.34 Å². The normalized spacial score (nSPS) is 9.82. The van der Waals surface area contributed by atoms with Gasteiger partial charge in [-0.2, -0.15) is 0 Å². The van der Waals surface area contributed by atoms with E-state index < -0.39 is 30.6 Å². The second kappa shape index (κ2) is 50.5. The number of carboxylic acids is 1. The fourth-order valence-corrected chi connectivity index (χ4v) is 13.4. The number of amides is 1. The van der Waals surface area contributed by atoms with E-state index >= 15 is 0 Å². The first-order chi connectivity index (χ1) is 50.1. The van der Waals surface area contributed by atoms with Gasteiger partial charge in [0.05, 0.1) is 37.2 Å². The van der Waals surface area contributed by atoms with Crippen LogP contribution in [0.15, 0.2) is 243 Å². The zero-order valence-corrected chi connectivity index (χ0v) is 73.6. The average Bonchev–Trinajstić information content (AvgIpc) is 1.78. The van der Waals surface area contributed by atoms with Gasteiger partial charge in [0.25, 0.3) is 11.6 Å². The zero-order chi connectivity index (χ0) is 80.8. The summed E-state index contributed by atoms with van der Waals surface area (Å²) in [7, 11) is -6.63. The van der Waals surface area contributed by atoms with Crippen molar-refractivity contribution >= 4 is 174 Å². The summed E-state index contributed by atoms with van der Waals surface area (Å²) in [5, 5.41) is 30.8. The molecule has 32 heteroatoms. The molecular weight excluding hydrogens is 1770 g/mol. The maximum Gasteiger partial charge on any atom is 1.00 e. The van der Waals surface area contributed by atoms with E-state index in [0.717, 1.165) is 76.8 Å². The Morgan fingerprint density at radius 2 is 0.869 bits per heavy atom. The van der Waals surface area contributed by atoms with Crippen LogP contribution in [0.2, 0.25) is 0 Å². The third-order valence-electron chi connectivity index (χ3n) is 13.1. The van der Waals surface area contributed by atoms with E-state index in [1.54, 1.807) is 49.0 Å². The van der Waals surface area contributed by atoms with Crippen LogP contribution in [0, 0.1) is 20.2 Å². The summed E-state index contributed by atoms with van der Waals surface area (Å²) < 4.78 is 52.2. The molecule has 1 amide bonds. The molecule has 0 bridgehead atoms. The Labute approximate surface area is 692 Å². The van der Waals surface area contributed by atoms with Crippen LogP contribution in [0.1, 0.15) is 128 Å². The molecule has 0 aliphatic heterocycles. The number of imidazole rings is 2. The number of nitrogens with two attached hydrogens (primary N) is 2. The third kappa shape index (κ3) is 33.1. The molecule has 0 radical (unpaired) electrons. The number of anilines is 3. The summed E-state index contributed by atoms with van der Waals surface area (Å²) >= 11 is 17.6. The number of nitrogen functional groups attached to an aromatic ring is 2. The van der Waals surface area contributed by atoms with Gasteiger partial charge in [0.15, 0.2) is 37.0 Å². The summed E-state index contributed by atoms with van der Waals surface area (Å²) in [5.41, 5.74) is 21.0. The van der Waals surface area contributed by atoms with Crippen LogP contribution in [-0.2, 0) is 19.7 Å². The van der Waals surface area contributed by atoms with Crippen molar-refractivity contribution in [3.05, 3.63) is 271 Å². The maximum absolute atomic E-state index is 12.6. The van der Waals surface area contributed by atoms with E-state index in [1.807, 2.05) is 186 Å². The number of carbonyl (C=O) groups excluding carboxylic acids is 4. The number of ketones is 3. The van der Waals surface area contributed by atoms with Gasteiger partial charge in [0.1, 0.15) is 11.3 Å². The number of carboxylic acid groups (broad SMARTS) is 1. The van der Waals surface area contributed by atoms with E-state index in [1.165, 1.54) is 68.4 Å². The molecule has 0 aliphatic carbocycles. The van der Waals surface area contributed by atoms with E-state index in [9.17, 15) is 50.9 Å². The average molecular weight is 1850 g/mol. The topological polar surface area (TPSA) is 368 Å². The summed E-state index contributed by atoms with van der Waals surface area (Å²) in [4.78, 5) is 84.4. The first-order valence-corrected chi connectivity index (χ1v) is 40.8. The molecule has 7 aromatic carbocycles. The number of sulfone groups is 2. The Bertz CT molecular complexity index is 4930. The molecule has 6 N–H and O–H groups in total. The number of nitro groups is 1. The molecule has 23 nitrogen and oxygen atoms in total. The minimum absolute atomic E-state index is 0. The van der Waals surface area contributed by atoms with Gasteiger partial charge in [0.2, 0.25) is 0 Å². The molecule has 4 aromatic heterocycles. The number of benzene rings is 7. The summed E-state index contributed by atoms with van der Waals surface area (Å²) in [6.07, 6.45) is 12.1. The van der Waals surface area contributed by atoms with E-state index in [4.69, 9.17) is 26.7 Å². The molecule has 0 aliphatic rings. The number of carbonyl (C=O) groups is 5. The predicted molar refractivity (Wildman–Crippen MR) is 445 cm³/mol. The number of thioether (sulfide) groups is 1. The third-order valence-corrected chi connectivity index (χ3v) is 19.3. The number of aromatic carboxylic acids is 1. The molecule has 0 atom stereocenters. The molecule has 564 valence electrons. The Morgan fingerprint density at radius 3 is 1.21 bits per heavy atom. The minimum atomic E-state index is -3.34. The van der Waals surface area contributed by atoms with Crippen LogP contribution in [-0.4, -0.2) is 93.6 Å². The number of halogens is 5. The summed E-state index contributed by atoms with van der Waals surface area (Å²) in [6.45, 7) is 20.5. The van der Waals surface area contributed by atoms with Gasteiger partial charge in [-0.25, -0.2) is 31.6 Å². The number of aromatic nitrogens is 4. The van der Waals surface area contributed by atoms with E-state index in [2.05, 4.69) is 94.9 Å². The Balaban J connectivity index is 0.00000127. The zero-order valence-electron chi connectivity index (χ0n) is 61.3. The van der Waals surface area contributed by atoms with Gasteiger partial charge in [-0.1, -0.05) is 108 Å². The van der Waals surface area contributed by atoms with Gasteiger partial charge >= 0.3 is 35.5 Å². The Morgan fingerprint density at radius 1 is 0.514 bits per heavy atom. The molecule has 0 saturated heterocycles. The molecule has 0 unspecified atom stereocenters. The van der Waals surface area contributed by atoms with Crippen molar-refractivity contribution < 1.29 is 80.4 Å². The van der Waals surface area contributed by atoms with Gasteiger partial charge in [-0.3, -0.25) is 29.3 Å². The smallest absolute Gasteiger partial charge is 0.478 e. The second-order valence-corrected chi connectivity index (χ2v) is 29.4. The quantitative estimate of drug-likeness (QED) is 0.0168. The molecule has 0 saturated carbocycles. The van der Waals surface area contributed by atoms with Crippen LogP contribution >= 0.6 is 91.4 Å². The van der Waals surface area contributed by atoms with Gasteiger partial charge in [-0.15, -0.1) is 17.1 Å². The van der Waals surface area contributed by atoms with Crippen molar-refractivity contribution in [3.63, 3.8) is 0 Å². The van der Waals surface area contributed by atoms with Gasteiger partial charge in [0, 0.05) is 122 Å². The van der Waals surface area contributed by atoms with Crippen molar-refractivity contribution in [2.75, 3.05) is 35.6 Å². The number of non-ortho nitro benzene ring substituents is 1. The number of hydrogen-bond donors (Lipinski definition) is 4. The molecule has 0 spiro atoms. The SMILES string of the molecule is CC.CC.CC.CC.CC(=O)c1ccc(N)cc1Br.CC(=O)c1ccc([N+](=O)[O-])cc1Br.CS(=O)(=O)c1ccc(C(=O)Nc2ccc(-c3cn4ccccc4n3)cc2)c(Br)c1.CS(=O)(=O)c1ccc(C(=O)O)c(Br)c1.CSc1ccc(C(C)=O)c(Br)c1.Nc1ccc(-c2cn3ccccc3n2)cc1.O=N[O-].[Na+]. The Hall–Kier alpha value is -8.08. The second-order valence-electron chi connectivity index (χ2n) is 20.2. The molecule has 4 heterocycles. The van der Waals surface area contributed by atoms with Crippen molar-refractivity contribution in [3.8, 4) is 22.5 Å². The number of nitrogens with zero attached hydrogens (tertiary/aromatic N) is 6. The minimum Gasteiger partial charge on any atom is -0.478 e. The molecule has 11 aromatic rings. The maximum atomic E-state index is 12.6. The first-order valence-electron chi connectivity index (χ1n) is 31.8. The number of rotatable bonds is 12. The molecule has 107 heavy (non-hydrogen) atoms. The largest absolute Gasteiger partial charge is 1.00 e. The first kappa shape index (κ1) is 98.9. The van der Waals surface area contributed by atoms with Gasteiger partial charge in [-0.05, 0) is 218 Å². The molecular formula is C75H81Br5N9NaO14S3. The predicted octanol–water partition coefficient (Wildman–Crippen LogP) is 18.1. The van der Waals surface area contributed by atoms with E-state index in [-0.39, 0.29) is 78.3 Å².